The molecule has 1 N–H and O–H groups in total. The molecule has 1 rings (SSSR count). The van der Waals surface area contributed by atoms with Crippen molar-refractivity contribution in [2.75, 3.05) is 18.5 Å². The molecule has 0 amide bonds. The lowest BCUT2D eigenvalue weighted by molar-refractivity contribution is 0.576. The van der Waals surface area contributed by atoms with Gasteiger partial charge in [0.2, 0.25) is 0 Å². The Bertz CT molecular complexity index is 379. The second-order valence-corrected chi connectivity index (χ2v) is 4.76. The molecule has 0 saturated heterocycles. The normalized spacial score (nSPS) is 14.3. The van der Waals surface area contributed by atoms with Gasteiger partial charge in [0.1, 0.15) is 5.82 Å². The highest BCUT2D eigenvalue weighted by molar-refractivity contribution is 5.50. The number of halogens is 1. The Balaban J connectivity index is 3.03. The van der Waals surface area contributed by atoms with Crippen molar-refractivity contribution in [2.45, 2.75) is 46.2 Å². The second kappa shape index (κ2) is 6.74. The second-order valence-electron chi connectivity index (χ2n) is 4.76. The van der Waals surface area contributed by atoms with Crippen LogP contribution in [0.15, 0.2) is 18.2 Å². The smallest absolute Gasteiger partial charge is 0.146 e. The summed E-state index contributed by atoms with van der Waals surface area (Å²) in [6, 6.07) is 6.07. The predicted molar refractivity (Wildman–Crippen MR) is 76.6 cm³/mol. The molecule has 0 fully saturated rings. The summed E-state index contributed by atoms with van der Waals surface area (Å²) in [5.74, 6) is -0.128. The van der Waals surface area contributed by atoms with E-state index in [4.69, 9.17) is 0 Å². The van der Waals surface area contributed by atoms with Gasteiger partial charge in [0.25, 0.3) is 0 Å². The summed E-state index contributed by atoms with van der Waals surface area (Å²) in [6.45, 7) is 9.18. The maximum absolute atomic E-state index is 14.2. The van der Waals surface area contributed by atoms with E-state index in [1.54, 1.807) is 6.07 Å². The van der Waals surface area contributed by atoms with E-state index in [2.05, 4.69) is 31.0 Å². The summed E-state index contributed by atoms with van der Waals surface area (Å²) in [4.78, 5) is 2.11. The first-order valence-electron chi connectivity index (χ1n) is 6.78. The Labute approximate surface area is 110 Å². The van der Waals surface area contributed by atoms with Crippen LogP contribution in [0.25, 0.3) is 0 Å². The largest absolute Gasteiger partial charge is 0.367 e. The minimum absolute atomic E-state index is 0.128. The van der Waals surface area contributed by atoms with Gasteiger partial charge in [-0.1, -0.05) is 13.0 Å². The SMILES string of the molecule is CCC(C)N(CC)c1ccc(C(C)NC)cc1F. The molecule has 0 radical (unpaired) electrons. The lowest BCUT2D eigenvalue weighted by atomic mass is 10.1. The van der Waals surface area contributed by atoms with Gasteiger partial charge in [-0.25, -0.2) is 4.39 Å². The molecule has 3 heteroatoms. The van der Waals surface area contributed by atoms with E-state index in [1.807, 2.05) is 26.1 Å². The van der Waals surface area contributed by atoms with Crippen molar-refractivity contribution in [3.05, 3.63) is 29.6 Å². The number of rotatable bonds is 6. The van der Waals surface area contributed by atoms with Crippen LogP contribution in [-0.4, -0.2) is 19.6 Å². The van der Waals surface area contributed by atoms with Crippen LogP contribution in [-0.2, 0) is 0 Å². The highest BCUT2D eigenvalue weighted by Gasteiger charge is 2.16. The molecule has 0 aliphatic carbocycles. The zero-order valence-corrected chi connectivity index (χ0v) is 12.1. The number of hydrogen-bond donors (Lipinski definition) is 1. The van der Waals surface area contributed by atoms with Crippen molar-refractivity contribution in [3.63, 3.8) is 0 Å². The maximum atomic E-state index is 14.2. The first kappa shape index (κ1) is 15.0. The fraction of sp³-hybridized carbons (Fsp3) is 0.600. The number of anilines is 1. The molecule has 2 atom stereocenters. The fourth-order valence-corrected chi connectivity index (χ4v) is 2.13. The van der Waals surface area contributed by atoms with Crippen molar-refractivity contribution in [2.24, 2.45) is 0 Å². The standard InChI is InChI=1S/C15H25FN2/c1-6-11(3)18(7-2)15-9-8-13(10-14(15)16)12(4)17-5/h8-12,17H,6-7H2,1-5H3. The maximum Gasteiger partial charge on any atom is 0.146 e. The van der Waals surface area contributed by atoms with E-state index in [0.717, 1.165) is 18.5 Å². The van der Waals surface area contributed by atoms with E-state index in [9.17, 15) is 4.39 Å². The highest BCUT2D eigenvalue weighted by atomic mass is 19.1. The summed E-state index contributed by atoms with van der Waals surface area (Å²) in [5, 5.41) is 3.12. The molecule has 0 aromatic heterocycles. The molecule has 102 valence electrons. The first-order valence-corrected chi connectivity index (χ1v) is 6.78. The van der Waals surface area contributed by atoms with E-state index in [1.165, 1.54) is 0 Å². The molecule has 0 heterocycles. The van der Waals surface area contributed by atoms with Crippen molar-refractivity contribution in [1.29, 1.82) is 0 Å². The van der Waals surface area contributed by atoms with Crippen LogP contribution < -0.4 is 10.2 Å². The van der Waals surface area contributed by atoms with E-state index >= 15 is 0 Å². The third kappa shape index (κ3) is 3.22. The Kier molecular flexibility index (Phi) is 5.60. The van der Waals surface area contributed by atoms with Gasteiger partial charge >= 0.3 is 0 Å². The summed E-state index contributed by atoms with van der Waals surface area (Å²) >= 11 is 0. The highest BCUT2D eigenvalue weighted by Crippen LogP contribution is 2.25. The Morgan fingerprint density at radius 3 is 2.39 bits per heavy atom. The molecule has 0 spiro atoms. The quantitative estimate of drug-likeness (QED) is 0.830. The zero-order valence-electron chi connectivity index (χ0n) is 12.1. The average molecular weight is 252 g/mol. The van der Waals surface area contributed by atoms with Crippen molar-refractivity contribution in [1.82, 2.24) is 5.32 Å². The van der Waals surface area contributed by atoms with Gasteiger partial charge in [-0.3, -0.25) is 0 Å². The summed E-state index contributed by atoms with van der Waals surface area (Å²) in [7, 11) is 1.88. The number of nitrogens with one attached hydrogen (secondary N) is 1. The van der Waals surface area contributed by atoms with Crippen LogP contribution in [0.4, 0.5) is 10.1 Å². The first-order chi connectivity index (χ1) is 8.54. The summed E-state index contributed by atoms with van der Waals surface area (Å²) < 4.78 is 14.2. The molecule has 1 aromatic carbocycles. The van der Waals surface area contributed by atoms with Gasteiger partial charge in [0, 0.05) is 18.6 Å². The molecule has 18 heavy (non-hydrogen) atoms. The zero-order chi connectivity index (χ0) is 13.7. The molecule has 0 saturated carbocycles. The Hall–Kier alpha value is -1.09. The molecular weight excluding hydrogens is 227 g/mol. The third-order valence-corrected chi connectivity index (χ3v) is 3.68. The van der Waals surface area contributed by atoms with Gasteiger partial charge in [0.05, 0.1) is 5.69 Å². The van der Waals surface area contributed by atoms with Gasteiger partial charge < -0.3 is 10.2 Å². The topological polar surface area (TPSA) is 15.3 Å². The average Bonchev–Trinajstić information content (AvgIpc) is 2.39. The van der Waals surface area contributed by atoms with E-state index in [0.29, 0.717) is 11.7 Å². The number of benzene rings is 1. The lowest BCUT2D eigenvalue weighted by Crippen LogP contribution is -2.33. The minimum Gasteiger partial charge on any atom is -0.367 e. The van der Waals surface area contributed by atoms with Gasteiger partial charge in [0.15, 0.2) is 0 Å². The van der Waals surface area contributed by atoms with Gasteiger partial charge in [-0.15, -0.1) is 0 Å². The Morgan fingerprint density at radius 2 is 1.94 bits per heavy atom. The molecular formula is C15H25FN2. The molecule has 0 aliphatic heterocycles. The predicted octanol–water partition coefficient (Wildman–Crippen LogP) is 3.73. The molecule has 2 nitrogen and oxygen atoms in total. The molecule has 1 aromatic rings. The van der Waals surface area contributed by atoms with Crippen LogP contribution in [0.2, 0.25) is 0 Å². The van der Waals surface area contributed by atoms with Crippen molar-refractivity contribution in [3.8, 4) is 0 Å². The number of nitrogens with zero attached hydrogens (tertiary/aromatic N) is 1. The monoisotopic (exact) mass is 252 g/mol. The fourth-order valence-electron chi connectivity index (χ4n) is 2.13. The van der Waals surface area contributed by atoms with Gasteiger partial charge in [-0.2, -0.15) is 0 Å². The lowest BCUT2D eigenvalue weighted by Gasteiger charge is -2.30. The van der Waals surface area contributed by atoms with E-state index < -0.39 is 0 Å². The van der Waals surface area contributed by atoms with Gasteiger partial charge in [-0.05, 0) is 51.9 Å². The van der Waals surface area contributed by atoms with Crippen LogP contribution in [0.1, 0.15) is 45.7 Å². The minimum atomic E-state index is -0.128. The summed E-state index contributed by atoms with van der Waals surface area (Å²) in [5.41, 5.74) is 1.69. The van der Waals surface area contributed by atoms with Crippen LogP contribution in [0, 0.1) is 5.82 Å². The third-order valence-electron chi connectivity index (χ3n) is 3.68. The molecule has 2 unspecified atom stereocenters. The number of hydrogen-bond acceptors (Lipinski definition) is 2. The molecule has 0 aliphatic rings. The van der Waals surface area contributed by atoms with Crippen LogP contribution in [0.3, 0.4) is 0 Å². The summed E-state index contributed by atoms with van der Waals surface area (Å²) in [6.07, 6.45) is 1.02. The van der Waals surface area contributed by atoms with E-state index in [-0.39, 0.29) is 11.9 Å². The Morgan fingerprint density at radius 1 is 1.28 bits per heavy atom. The molecule has 0 bridgehead atoms. The van der Waals surface area contributed by atoms with Crippen molar-refractivity contribution >= 4 is 5.69 Å². The van der Waals surface area contributed by atoms with Crippen LogP contribution in [0.5, 0.6) is 0 Å². The van der Waals surface area contributed by atoms with Crippen LogP contribution >= 0.6 is 0 Å². The van der Waals surface area contributed by atoms with Crippen molar-refractivity contribution < 1.29 is 4.39 Å².